The van der Waals surface area contributed by atoms with Crippen molar-refractivity contribution in [3.8, 4) is 22.3 Å². The van der Waals surface area contributed by atoms with Gasteiger partial charge in [0.05, 0.1) is 16.1 Å². The van der Waals surface area contributed by atoms with Crippen molar-refractivity contribution in [1.29, 1.82) is 0 Å². The largest absolute Gasteiger partial charge is 0.308 e. The van der Waals surface area contributed by atoms with Crippen LogP contribution in [0.5, 0.6) is 0 Å². The maximum atomic E-state index is 2.50. The van der Waals surface area contributed by atoms with Gasteiger partial charge in [-0.2, -0.15) is 0 Å². The highest BCUT2D eigenvalue weighted by Crippen LogP contribution is 2.49. The first-order valence-corrected chi connectivity index (χ1v) is 18.2. The van der Waals surface area contributed by atoms with Crippen molar-refractivity contribution in [1.82, 2.24) is 0 Å². The number of thiophene rings is 2. The Morgan fingerprint density at radius 2 is 1.02 bits per heavy atom. The molecular weight excluding hydrogens is 631 g/mol. The lowest BCUT2D eigenvalue weighted by Gasteiger charge is -2.28. The summed E-state index contributed by atoms with van der Waals surface area (Å²) in [4.78, 5) is 2.50. The fourth-order valence-electron chi connectivity index (χ4n) is 7.36. The standard InChI is InChI=1S/C46H29NS2/c1-2-13-31(14-3-1)36-18-10-19-38-39-20-11-22-42(46(39)49-45(36)38)47(34-26-27-44-40(29-34)37-17-7-9-23-43(37)48-44)41-21-8-6-16-35(41)33-25-24-30-12-4-5-15-32(30)28-33/h1-29H. The smallest absolute Gasteiger partial charge is 0.0640 e. The van der Waals surface area contributed by atoms with E-state index in [9.17, 15) is 0 Å². The van der Waals surface area contributed by atoms with E-state index < -0.39 is 0 Å². The molecule has 0 fully saturated rings. The van der Waals surface area contributed by atoms with E-state index in [1.807, 2.05) is 22.7 Å². The second-order valence-electron chi connectivity index (χ2n) is 12.5. The van der Waals surface area contributed by atoms with Crippen LogP contribution >= 0.6 is 22.7 Å². The number of hydrogen-bond acceptors (Lipinski definition) is 3. The highest BCUT2D eigenvalue weighted by Gasteiger charge is 2.22. The molecule has 2 heterocycles. The molecule has 0 bridgehead atoms. The molecule has 0 atom stereocenters. The van der Waals surface area contributed by atoms with Crippen LogP contribution in [0, 0.1) is 0 Å². The van der Waals surface area contributed by atoms with Crippen LogP contribution in [0.25, 0.3) is 73.4 Å². The summed E-state index contributed by atoms with van der Waals surface area (Å²) in [6.07, 6.45) is 0. The van der Waals surface area contributed by atoms with Crippen LogP contribution in [-0.4, -0.2) is 0 Å². The molecule has 3 heteroatoms. The summed E-state index contributed by atoms with van der Waals surface area (Å²) in [5.74, 6) is 0. The lowest BCUT2D eigenvalue weighted by molar-refractivity contribution is 1.31. The maximum absolute atomic E-state index is 2.50. The summed E-state index contributed by atoms with van der Waals surface area (Å²) in [6, 6.07) is 64.4. The lowest BCUT2D eigenvalue weighted by Crippen LogP contribution is -2.11. The molecule has 0 saturated heterocycles. The normalized spacial score (nSPS) is 11.7. The van der Waals surface area contributed by atoms with Gasteiger partial charge in [-0.05, 0) is 69.9 Å². The van der Waals surface area contributed by atoms with Gasteiger partial charge in [-0.25, -0.2) is 0 Å². The molecule has 0 unspecified atom stereocenters. The number of para-hydroxylation sites is 1. The molecule has 0 aliphatic rings. The Balaban J connectivity index is 1.26. The van der Waals surface area contributed by atoms with Gasteiger partial charge in [-0.15, -0.1) is 22.7 Å². The molecule has 49 heavy (non-hydrogen) atoms. The summed E-state index contributed by atoms with van der Waals surface area (Å²) in [5.41, 5.74) is 8.42. The van der Waals surface area contributed by atoms with Gasteiger partial charge in [-0.1, -0.05) is 133 Å². The molecule has 1 nitrogen and oxygen atoms in total. The van der Waals surface area contributed by atoms with Crippen molar-refractivity contribution >= 4 is 90.9 Å². The lowest BCUT2D eigenvalue weighted by atomic mass is 9.98. The fourth-order valence-corrected chi connectivity index (χ4v) is 9.78. The number of rotatable bonds is 5. The van der Waals surface area contributed by atoms with E-state index in [1.54, 1.807) is 0 Å². The van der Waals surface area contributed by atoms with Gasteiger partial charge in [0.25, 0.3) is 0 Å². The van der Waals surface area contributed by atoms with Gasteiger partial charge in [0, 0.05) is 46.9 Å². The van der Waals surface area contributed by atoms with Crippen LogP contribution in [0.3, 0.4) is 0 Å². The van der Waals surface area contributed by atoms with Gasteiger partial charge in [-0.3, -0.25) is 0 Å². The van der Waals surface area contributed by atoms with Crippen LogP contribution in [-0.2, 0) is 0 Å². The number of anilines is 3. The molecule has 0 radical (unpaired) electrons. The van der Waals surface area contributed by atoms with Crippen LogP contribution in [0.1, 0.15) is 0 Å². The van der Waals surface area contributed by atoms with Crippen molar-refractivity contribution in [3.63, 3.8) is 0 Å². The van der Waals surface area contributed by atoms with Crippen molar-refractivity contribution in [2.45, 2.75) is 0 Å². The zero-order chi connectivity index (χ0) is 32.3. The quantitative estimate of drug-likeness (QED) is 0.178. The van der Waals surface area contributed by atoms with Crippen LogP contribution < -0.4 is 4.90 Å². The molecule has 0 spiro atoms. The summed E-state index contributed by atoms with van der Waals surface area (Å²) >= 11 is 3.76. The first-order chi connectivity index (χ1) is 24.3. The van der Waals surface area contributed by atoms with Gasteiger partial charge in [0.2, 0.25) is 0 Å². The maximum Gasteiger partial charge on any atom is 0.0640 e. The summed E-state index contributed by atoms with van der Waals surface area (Å²) in [7, 11) is 0. The molecule has 2 aromatic heterocycles. The highest BCUT2D eigenvalue weighted by atomic mass is 32.1. The van der Waals surface area contributed by atoms with E-state index in [0.717, 1.165) is 11.4 Å². The van der Waals surface area contributed by atoms with Crippen molar-refractivity contribution in [2.24, 2.45) is 0 Å². The Bertz CT molecular complexity index is 2840. The van der Waals surface area contributed by atoms with Crippen molar-refractivity contribution in [3.05, 3.63) is 176 Å². The predicted molar refractivity (Wildman–Crippen MR) is 215 cm³/mol. The third-order valence-electron chi connectivity index (χ3n) is 9.65. The minimum atomic E-state index is 1.15. The Hall–Kier alpha value is -5.74. The van der Waals surface area contributed by atoms with Crippen LogP contribution in [0.15, 0.2) is 176 Å². The number of benzene rings is 8. The van der Waals surface area contributed by atoms with E-state index in [-0.39, 0.29) is 0 Å². The van der Waals surface area contributed by atoms with Crippen LogP contribution in [0.4, 0.5) is 17.1 Å². The minimum Gasteiger partial charge on any atom is -0.308 e. The molecule has 0 aliphatic heterocycles. The summed E-state index contributed by atoms with van der Waals surface area (Å²) in [6.45, 7) is 0. The average Bonchev–Trinajstić information content (AvgIpc) is 3.74. The third-order valence-corrected chi connectivity index (χ3v) is 12.1. The molecule has 8 aromatic carbocycles. The number of nitrogens with zero attached hydrogens (tertiary/aromatic N) is 1. The molecular formula is C46H29NS2. The number of fused-ring (bicyclic) bond motifs is 7. The van der Waals surface area contributed by atoms with Gasteiger partial charge in [0.15, 0.2) is 0 Å². The van der Waals surface area contributed by atoms with Crippen molar-refractivity contribution < 1.29 is 0 Å². The van der Waals surface area contributed by atoms with E-state index >= 15 is 0 Å². The Kier molecular flexibility index (Phi) is 6.61. The summed E-state index contributed by atoms with van der Waals surface area (Å²) < 4.78 is 5.22. The van der Waals surface area contributed by atoms with E-state index in [2.05, 4.69) is 181 Å². The topological polar surface area (TPSA) is 3.24 Å². The first-order valence-electron chi connectivity index (χ1n) is 16.6. The van der Waals surface area contributed by atoms with Gasteiger partial charge < -0.3 is 4.90 Å². The SMILES string of the molecule is c1ccc(-c2cccc3c2sc2c(N(c4ccc5sc6ccccc6c5c4)c4ccccc4-c4ccc5ccccc5c4)cccc23)cc1. The zero-order valence-electron chi connectivity index (χ0n) is 26.5. The Labute approximate surface area is 292 Å². The van der Waals surface area contributed by atoms with Crippen molar-refractivity contribution in [2.75, 3.05) is 4.90 Å². The molecule has 0 amide bonds. The fraction of sp³-hybridized carbons (Fsp3) is 0. The van der Waals surface area contributed by atoms with Crippen LogP contribution in [0.2, 0.25) is 0 Å². The summed E-state index contributed by atoms with van der Waals surface area (Å²) in [5, 5.41) is 7.67. The first kappa shape index (κ1) is 28.3. The molecule has 10 aromatic rings. The molecule has 0 N–H and O–H groups in total. The number of hydrogen-bond donors (Lipinski definition) is 0. The molecule has 10 rings (SSSR count). The van der Waals surface area contributed by atoms with E-state index in [4.69, 9.17) is 0 Å². The molecule has 0 saturated carbocycles. The van der Waals surface area contributed by atoms with Gasteiger partial charge >= 0.3 is 0 Å². The van der Waals surface area contributed by atoms with E-state index in [1.165, 1.54) is 79.1 Å². The third kappa shape index (κ3) is 4.66. The second-order valence-corrected chi connectivity index (χ2v) is 14.6. The monoisotopic (exact) mass is 659 g/mol. The highest BCUT2D eigenvalue weighted by molar-refractivity contribution is 7.27. The van der Waals surface area contributed by atoms with E-state index in [0.29, 0.717) is 0 Å². The molecule has 230 valence electrons. The average molecular weight is 660 g/mol. The Morgan fingerprint density at radius 3 is 1.94 bits per heavy atom. The molecule has 0 aliphatic carbocycles. The zero-order valence-corrected chi connectivity index (χ0v) is 28.1. The minimum absolute atomic E-state index is 1.15. The van der Waals surface area contributed by atoms with Gasteiger partial charge in [0.1, 0.15) is 0 Å². The predicted octanol–water partition coefficient (Wildman–Crippen LogP) is 14.4. The second kappa shape index (κ2) is 11.5. The Morgan fingerprint density at radius 1 is 0.347 bits per heavy atom.